The van der Waals surface area contributed by atoms with Crippen molar-refractivity contribution in [3.8, 4) is 11.6 Å². The van der Waals surface area contributed by atoms with Crippen LogP contribution in [0.1, 0.15) is 5.56 Å². The van der Waals surface area contributed by atoms with Crippen LogP contribution < -0.4 is 4.74 Å². The average molecular weight is 316 g/mol. The Morgan fingerprint density at radius 1 is 1.29 bits per heavy atom. The van der Waals surface area contributed by atoms with Crippen molar-refractivity contribution in [3.05, 3.63) is 51.3 Å². The Morgan fingerprint density at radius 2 is 2.10 bits per heavy atom. The van der Waals surface area contributed by atoms with Crippen molar-refractivity contribution in [1.82, 2.24) is 4.68 Å². The van der Waals surface area contributed by atoms with Gasteiger partial charge in [-0.2, -0.15) is 9.78 Å². The molecule has 1 heterocycles. The van der Waals surface area contributed by atoms with Crippen LogP contribution in [0, 0.1) is 3.95 Å². The van der Waals surface area contributed by atoms with Crippen LogP contribution in [-0.4, -0.2) is 23.1 Å². The van der Waals surface area contributed by atoms with E-state index in [4.69, 9.17) is 17.0 Å². The number of fused-ring (bicyclic) bond motifs is 1. The molecule has 106 valence electrons. The van der Waals surface area contributed by atoms with Crippen LogP contribution in [0.2, 0.25) is 0 Å². The Labute approximate surface area is 130 Å². The van der Waals surface area contributed by atoms with Crippen LogP contribution in [0.25, 0.3) is 10.8 Å². The van der Waals surface area contributed by atoms with Crippen molar-refractivity contribution in [3.63, 3.8) is 0 Å². The smallest absolute Gasteiger partial charge is 0.224 e. The normalized spacial score (nSPS) is 11.3. The molecule has 0 aliphatic heterocycles. The first kappa shape index (κ1) is 13.8. The standard InChI is InChI=1S/C15H12N2O2S2/c1-19-13-7-6-10-4-2-3-5-11(10)12(13)8-16-17-14(18)9-21-15(17)20/h2-9,18H,1H3/b16-8+. The molecule has 0 spiro atoms. The second kappa shape index (κ2) is 5.67. The second-order valence-corrected chi connectivity index (χ2v) is 5.82. The van der Waals surface area contributed by atoms with Crippen LogP contribution in [0.15, 0.2) is 46.9 Å². The van der Waals surface area contributed by atoms with Gasteiger partial charge in [0.15, 0.2) is 3.95 Å². The third kappa shape index (κ3) is 2.55. The van der Waals surface area contributed by atoms with E-state index < -0.39 is 0 Å². The molecule has 0 bridgehead atoms. The van der Waals surface area contributed by atoms with E-state index in [0.717, 1.165) is 22.1 Å². The molecule has 3 rings (SSSR count). The van der Waals surface area contributed by atoms with E-state index in [1.54, 1.807) is 18.7 Å². The van der Waals surface area contributed by atoms with Gasteiger partial charge in [0.25, 0.3) is 0 Å². The highest BCUT2D eigenvalue weighted by Gasteiger charge is 2.07. The maximum atomic E-state index is 9.71. The van der Waals surface area contributed by atoms with E-state index in [9.17, 15) is 5.11 Å². The summed E-state index contributed by atoms with van der Waals surface area (Å²) in [6, 6.07) is 11.9. The summed E-state index contributed by atoms with van der Waals surface area (Å²) < 4.78 is 7.21. The predicted octanol–water partition coefficient (Wildman–Crippen LogP) is 4.03. The lowest BCUT2D eigenvalue weighted by Crippen LogP contribution is -1.95. The van der Waals surface area contributed by atoms with Crippen LogP contribution >= 0.6 is 23.6 Å². The monoisotopic (exact) mass is 316 g/mol. The van der Waals surface area contributed by atoms with Crippen LogP contribution in [0.3, 0.4) is 0 Å². The fourth-order valence-electron chi connectivity index (χ4n) is 2.11. The van der Waals surface area contributed by atoms with Gasteiger partial charge in [-0.05, 0) is 29.1 Å². The molecule has 0 saturated carbocycles. The molecule has 0 saturated heterocycles. The van der Waals surface area contributed by atoms with Crippen LogP contribution in [0.4, 0.5) is 0 Å². The number of ether oxygens (including phenoxy) is 1. The maximum absolute atomic E-state index is 9.71. The zero-order chi connectivity index (χ0) is 14.8. The van der Waals surface area contributed by atoms with E-state index >= 15 is 0 Å². The van der Waals surface area contributed by atoms with Crippen molar-refractivity contribution >= 4 is 40.5 Å². The zero-order valence-corrected chi connectivity index (χ0v) is 12.8. The number of thiazole rings is 1. The minimum absolute atomic E-state index is 0.0282. The first-order valence-corrected chi connectivity index (χ1v) is 7.49. The Kier molecular flexibility index (Phi) is 3.72. The van der Waals surface area contributed by atoms with E-state index in [0.29, 0.717) is 3.95 Å². The average Bonchev–Trinajstić information content (AvgIpc) is 2.83. The summed E-state index contributed by atoms with van der Waals surface area (Å²) in [6.45, 7) is 0. The highest BCUT2D eigenvalue weighted by Crippen LogP contribution is 2.26. The van der Waals surface area contributed by atoms with E-state index in [1.165, 1.54) is 16.0 Å². The van der Waals surface area contributed by atoms with Crippen molar-refractivity contribution in [2.45, 2.75) is 0 Å². The van der Waals surface area contributed by atoms with Crippen molar-refractivity contribution in [2.75, 3.05) is 7.11 Å². The number of rotatable bonds is 3. The molecule has 0 unspecified atom stereocenters. The predicted molar refractivity (Wildman–Crippen MR) is 88.3 cm³/mol. The molecule has 1 aromatic heterocycles. The highest BCUT2D eigenvalue weighted by atomic mass is 32.1. The van der Waals surface area contributed by atoms with Gasteiger partial charge in [-0.15, -0.1) is 11.3 Å². The first-order chi connectivity index (χ1) is 10.2. The van der Waals surface area contributed by atoms with E-state index in [-0.39, 0.29) is 5.88 Å². The summed E-state index contributed by atoms with van der Waals surface area (Å²) in [6.07, 6.45) is 1.66. The lowest BCUT2D eigenvalue weighted by atomic mass is 10.0. The molecule has 3 aromatic rings. The fraction of sp³-hybridized carbons (Fsp3) is 0.0667. The van der Waals surface area contributed by atoms with Gasteiger partial charge in [-0.25, -0.2) is 0 Å². The van der Waals surface area contributed by atoms with Gasteiger partial charge in [-0.1, -0.05) is 30.3 Å². The summed E-state index contributed by atoms with van der Waals surface area (Å²) in [5, 5.41) is 17.7. The highest BCUT2D eigenvalue weighted by molar-refractivity contribution is 7.73. The van der Waals surface area contributed by atoms with Gasteiger partial charge in [0.05, 0.1) is 18.7 Å². The van der Waals surface area contributed by atoms with Crippen molar-refractivity contribution < 1.29 is 9.84 Å². The molecule has 0 atom stereocenters. The van der Waals surface area contributed by atoms with Gasteiger partial charge in [-0.3, -0.25) is 0 Å². The molecule has 6 heteroatoms. The molecular formula is C15H12N2O2S2. The Bertz CT molecular complexity index is 881. The molecule has 1 N–H and O–H groups in total. The van der Waals surface area contributed by atoms with Crippen molar-refractivity contribution in [2.24, 2.45) is 5.10 Å². The summed E-state index contributed by atoms with van der Waals surface area (Å²) in [5.74, 6) is 0.749. The molecule has 0 amide bonds. The lowest BCUT2D eigenvalue weighted by molar-refractivity contribution is 0.414. The van der Waals surface area contributed by atoms with Crippen molar-refractivity contribution in [1.29, 1.82) is 0 Å². The summed E-state index contributed by atoms with van der Waals surface area (Å²) in [4.78, 5) is 0. The number of hydrogen-bond donors (Lipinski definition) is 1. The first-order valence-electron chi connectivity index (χ1n) is 6.20. The molecule has 0 fully saturated rings. The fourth-order valence-corrected chi connectivity index (χ4v) is 2.94. The topological polar surface area (TPSA) is 46.8 Å². The van der Waals surface area contributed by atoms with Gasteiger partial charge in [0.2, 0.25) is 5.88 Å². The second-order valence-electron chi connectivity index (χ2n) is 4.32. The minimum Gasteiger partial charge on any atom is -0.496 e. The number of hydrogen-bond acceptors (Lipinski definition) is 5. The number of methoxy groups -OCH3 is 1. The Morgan fingerprint density at radius 3 is 2.81 bits per heavy atom. The number of aromatic nitrogens is 1. The quantitative estimate of drug-likeness (QED) is 0.586. The van der Waals surface area contributed by atoms with Crippen LogP contribution in [-0.2, 0) is 0 Å². The molecular weight excluding hydrogens is 304 g/mol. The number of benzene rings is 2. The molecule has 4 nitrogen and oxygen atoms in total. The van der Waals surface area contributed by atoms with Gasteiger partial charge in [0, 0.05) is 5.56 Å². The SMILES string of the molecule is COc1ccc2ccccc2c1/C=N/n1c(O)csc1=S. The van der Waals surface area contributed by atoms with Gasteiger partial charge >= 0.3 is 0 Å². The molecule has 21 heavy (non-hydrogen) atoms. The molecule has 0 radical (unpaired) electrons. The Hall–Kier alpha value is -2.18. The van der Waals surface area contributed by atoms with E-state index in [2.05, 4.69) is 5.10 Å². The van der Waals surface area contributed by atoms with Gasteiger partial charge < -0.3 is 9.84 Å². The Balaban J connectivity index is 2.17. The van der Waals surface area contributed by atoms with Gasteiger partial charge in [0.1, 0.15) is 5.75 Å². The molecule has 0 aliphatic carbocycles. The molecule has 2 aromatic carbocycles. The van der Waals surface area contributed by atoms with E-state index in [1.807, 2.05) is 36.4 Å². The largest absolute Gasteiger partial charge is 0.496 e. The molecule has 0 aliphatic rings. The number of nitrogens with zero attached hydrogens (tertiary/aromatic N) is 2. The lowest BCUT2D eigenvalue weighted by Gasteiger charge is -2.08. The minimum atomic E-state index is 0.0282. The zero-order valence-electron chi connectivity index (χ0n) is 11.2. The maximum Gasteiger partial charge on any atom is 0.224 e. The third-order valence-electron chi connectivity index (χ3n) is 3.11. The third-order valence-corrected chi connectivity index (χ3v) is 4.27. The number of aromatic hydroxyl groups is 1. The summed E-state index contributed by atoms with van der Waals surface area (Å²) >= 11 is 6.38. The summed E-state index contributed by atoms with van der Waals surface area (Å²) in [5.41, 5.74) is 0.850. The van der Waals surface area contributed by atoms with Crippen LogP contribution in [0.5, 0.6) is 11.6 Å². The summed E-state index contributed by atoms with van der Waals surface area (Å²) in [7, 11) is 1.62.